The standard InChI is InChI=1S/C15H19N5O3S2/c1-9-13-14(10-5-16-19(2)6-10)24-7-12(21)17-15(13)20(18-9)11-3-4-25(22,23)8-11/h5-6,11,14H,3-4,7-8H2,1-2H3,(H,17,21)/t11-,14+/m0/s1. The fraction of sp³-hybridized carbons (Fsp3) is 0.533. The molecule has 0 bridgehead atoms. The lowest BCUT2D eigenvalue weighted by atomic mass is 10.1. The van der Waals surface area contributed by atoms with Crippen molar-refractivity contribution in [1.82, 2.24) is 19.6 Å². The summed E-state index contributed by atoms with van der Waals surface area (Å²) in [6.45, 7) is 1.90. The molecule has 1 saturated heterocycles. The molecule has 4 heterocycles. The smallest absolute Gasteiger partial charge is 0.235 e. The number of sulfone groups is 1. The second-order valence-electron chi connectivity index (χ2n) is 6.54. The highest BCUT2D eigenvalue weighted by atomic mass is 32.2. The Morgan fingerprint density at radius 3 is 2.84 bits per heavy atom. The van der Waals surface area contributed by atoms with Crippen LogP contribution >= 0.6 is 11.8 Å². The molecule has 0 spiro atoms. The highest BCUT2D eigenvalue weighted by Gasteiger charge is 2.36. The Balaban J connectivity index is 1.82. The minimum absolute atomic E-state index is 0.0607. The summed E-state index contributed by atoms with van der Waals surface area (Å²) in [7, 11) is -1.18. The van der Waals surface area contributed by atoms with Gasteiger partial charge in [-0.05, 0) is 13.3 Å². The van der Waals surface area contributed by atoms with Crippen molar-refractivity contribution in [3.63, 3.8) is 0 Å². The Morgan fingerprint density at radius 1 is 1.40 bits per heavy atom. The van der Waals surface area contributed by atoms with Crippen LogP contribution in [0.1, 0.15) is 34.5 Å². The monoisotopic (exact) mass is 381 g/mol. The summed E-state index contributed by atoms with van der Waals surface area (Å²) in [6.07, 6.45) is 4.26. The summed E-state index contributed by atoms with van der Waals surface area (Å²) in [6, 6.07) is -0.231. The van der Waals surface area contributed by atoms with Crippen LogP contribution < -0.4 is 5.32 Å². The summed E-state index contributed by atoms with van der Waals surface area (Å²) >= 11 is 1.53. The highest BCUT2D eigenvalue weighted by Crippen LogP contribution is 2.44. The minimum Gasteiger partial charge on any atom is -0.310 e. The van der Waals surface area contributed by atoms with Gasteiger partial charge in [0.1, 0.15) is 5.82 Å². The van der Waals surface area contributed by atoms with Crippen LogP contribution in [0.5, 0.6) is 0 Å². The summed E-state index contributed by atoms with van der Waals surface area (Å²) < 4.78 is 27.2. The zero-order valence-electron chi connectivity index (χ0n) is 14.0. The van der Waals surface area contributed by atoms with E-state index in [1.54, 1.807) is 15.6 Å². The topological polar surface area (TPSA) is 98.9 Å². The summed E-state index contributed by atoms with van der Waals surface area (Å²) in [5.74, 6) is 1.10. The molecule has 0 radical (unpaired) electrons. The first-order valence-corrected chi connectivity index (χ1v) is 10.9. The van der Waals surface area contributed by atoms with Crippen LogP contribution in [0.25, 0.3) is 0 Å². The average Bonchev–Trinajstić information content (AvgIpc) is 3.16. The van der Waals surface area contributed by atoms with Gasteiger partial charge in [-0.2, -0.15) is 10.2 Å². The molecule has 0 unspecified atom stereocenters. The maximum Gasteiger partial charge on any atom is 0.235 e. The first kappa shape index (κ1) is 16.6. The summed E-state index contributed by atoms with van der Waals surface area (Å²) in [4.78, 5) is 12.2. The molecule has 0 saturated carbocycles. The predicted octanol–water partition coefficient (Wildman–Crippen LogP) is 1.06. The first-order valence-electron chi connectivity index (χ1n) is 8.03. The Hall–Kier alpha value is -1.81. The van der Waals surface area contributed by atoms with Crippen LogP contribution in [0.2, 0.25) is 0 Å². The molecule has 1 amide bonds. The van der Waals surface area contributed by atoms with E-state index in [4.69, 9.17) is 0 Å². The molecule has 2 aromatic rings. The van der Waals surface area contributed by atoms with E-state index >= 15 is 0 Å². The van der Waals surface area contributed by atoms with Crippen molar-refractivity contribution in [1.29, 1.82) is 0 Å². The van der Waals surface area contributed by atoms with Crippen LogP contribution in [0, 0.1) is 6.92 Å². The maximum atomic E-state index is 12.2. The van der Waals surface area contributed by atoms with Crippen molar-refractivity contribution >= 4 is 33.3 Å². The van der Waals surface area contributed by atoms with Crippen molar-refractivity contribution in [3.05, 3.63) is 29.2 Å². The van der Waals surface area contributed by atoms with Gasteiger partial charge >= 0.3 is 0 Å². The van der Waals surface area contributed by atoms with Crippen LogP contribution in [0.15, 0.2) is 12.4 Å². The molecule has 8 nitrogen and oxygen atoms in total. The van der Waals surface area contributed by atoms with Gasteiger partial charge in [-0.15, -0.1) is 11.8 Å². The molecule has 0 aromatic carbocycles. The van der Waals surface area contributed by atoms with E-state index in [1.165, 1.54) is 11.8 Å². The first-order chi connectivity index (χ1) is 11.8. The van der Waals surface area contributed by atoms with Crippen LogP contribution in [-0.4, -0.2) is 51.1 Å². The zero-order chi connectivity index (χ0) is 17.8. The molecule has 10 heteroatoms. The Bertz CT molecular complexity index is 947. The number of carbonyl (C=O) groups excluding carboxylic acids is 1. The van der Waals surface area contributed by atoms with E-state index in [0.717, 1.165) is 16.8 Å². The lowest BCUT2D eigenvalue weighted by molar-refractivity contribution is -0.113. The minimum atomic E-state index is -3.04. The van der Waals surface area contributed by atoms with E-state index < -0.39 is 9.84 Å². The van der Waals surface area contributed by atoms with Gasteiger partial charge in [-0.25, -0.2) is 13.1 Å². The number of hydrogen-bond donors (Lipinski definition) is 1. The quantitative estimate of drug-likeness (QED) is 0.835. The number of nitrogens with zero attached hydrogens (tertiary/aromatic N) is 4. The fourth-order valence-corrected chi connectivity index (χ4v) is 6.33. The van der Waals surface area contributed by atoms with E-state index in [0.29, 0.717) is 18.0 Å². The molecule has 25 heavy (non-hydrogen) atoms. The van der Waals surface area contributed by atoms with Gasteiger partial charge in [-0.1, -0.05) is 0 Å². The molecule has 1 N–H and O–H groups in total. The average molecular weight is 381 g/mol. The lowest BCUT2D eigenvalue weighted by Crippen LogP contribution is -2.20. The molecule has 2 atom stereocenters. The number of aryl methyl sites for hydroxylation is 2. The number of aromatic nitrogens is 4. The number of fused-ring (bicyclic) bond motifs is 1. The molecular weight excluding hydrogens is 362 g/mol. The molecule has 2 aliphatic heterocycles. The van der Waals surface area contributed by atoms with Crippen molar-refractivity contribution < 1.29 is 13.2 Å². The van der Waals surface area contributed by atoms with Gasteiger partial charge in [0.2, 0.25) is 5.91 Å². The van der Waals surface area contributed by atoms with Gasteiger partial charge in [0.05, 0.1) is 40.4 Å². The summed E-state index contributed by atoms with van der Waals surface area (Å²) in [5.41, 5.74) is 2.75. The number of hydrogen-bond acceptors (Lipinski definition) is 6. The van der Waals surface area contributed by atoms with Crippen molar-refractivity contribution in [2.75, 3.05) is 22.6 Å². The largest absolute Gasteiger partial charge is 0.310 e. The van der Waals surface area contributed by atoms with Gasteiger partial charge < -0.3 is 5.32 Å². The second-order valence-corrected chi connectivity index (χ2v) is 9.86. The molecule has 0 aliphatic carbocycles. The number of rotatable bonds is 2. The molecule has 2 aromatic heterocycles. The van der Waals surface area contributed by atoms with Gasteiger partial charge in [0.25, 0.3) is 0 Å². The van der Waals surface area contributed by atoms with E-state index in [-0.39, 0.29) is 28.7 Å². The molecular formula is C15H19N5O3S2. The van der Waals surface area contributed by atoms with Crippen molar-refractivity contribution in [3.8, 4) is 0 Å². The van der Waals surface area contributed by atoms with Gasteiger partial charge in [-0.3, -0.25) is 9.48 Å². The Kier molecular flexibility index (Phi) is 3.91. The van der Waals surface area contributed by atoms with Crippen LogP contribution in [0.3, 0.4) is 0 Å². The van der Waals surface area contributed by atoms with Gasteiger partial charge in [0, 0.05) is 24.4 Å². The second kappa shape index (κ2) is 5.87. The van der Waals surface area contributed by atoms with Crippen molar-refractivity contribution in [2.45, 2.75) is 24.6 Å². The zero-order valence-corrected chi connectivity index (χ0v) is 15.6. The molecule has 1 fully saturated rings. The molecule has 134 valence electrons. The SMILES string of the molecule is Cc1nn([C@H]2CCS(=O)(=O)C2)c2c1[C@@H](c1cnn(C)c1)SCC(=O)N2. The Labute approximate surface area is 149 Å². The van der Waals surface area contributed by atoms with Crippen LogP contribution in [-0.2, 0) is 21.7 Å². The number of nitrogens with one attached hydrogen (secondary N) is 1. The normalized spacial score (nSPS) is 25.4. The third-order valence-corrected chi connectivity index (χ3v) is 7.64. The van der Waals surface area contributed by atoms with Crippen LogP contribution in [0.4, 0.5) is 5.82 Å². The predicted molar refractivity (Wildman–Crippen MR) is 95.4 cm³/mol. The fourth-order valence-electron chi connectivity index (χ4n) is 3.48. The number of anilines is 1. The highest BCUT2D eigenvalue weighted by molar-refractivity contribution is 8.00. The Morgan fingerprint density at radius 2 is 2.20 bits per heavy atom. The van der Waals surface area contributed by atoms with E-state index in [1.807, 2.05) is 20.2 Å². The number of thioether (sulfide) groups is 1. The van der Waals surface area contributed by atoms with Gasteiger partial charge in [0.15, 0.2) is 9.84 Å². The lowest BCUT2D eigenvalue weighted by Gasteiger charge is -2.15. The third kappa shape index (κ3) is 2.97. The van der Waals surface area contributed by atoms with E-state index in [2.05, 4.69) is 15.5 Å². The summed E-state index contributed by atoms with van der Waals surface area (Å²) in [5, 5.41) is 11.7. The number of carbonyl (C=O) groups is 1. The van der Waals surface area contributed by atoms with E-state index in [9.17, 15) is 13.2 Å². The third-order valence-electron chi connectivity index (χ3n) is 4.61. The van der Waals surface area contributed by atoms with Crippen molar-refractivity contribution in [2.24, 2.45) is 7.05 Å². The maximum absolute atomic E-state index is 12.2. The number of amides is 1. The molecule has 2 aliphatic rings. The molecule has 4 rings (SSSR count).